The molecular weight excluding hydrogens is 148 g/mol. The van der Waals surface area contributed by atoms with Gasteiger partial charge in [0.05, 0.1) is 6.10 Å². The summed E-state index contributed by atoms with van der Waals surface area (Å²) in [6.07, 6.45) is 8.25. The Kier molecular flexibility index (Phi) is 9.02. The van der Waals surface area contributed by atoms with Crippen LogP contribution in [0.2, 0.25) is 0 Å². The highest BCUT2D eigenvalue weighted by Crippen LogP contribution is 2.07. The van der Waals surface area contributed by atoms with Gasteiger partial charge in [-0.2, -0.15) is 0 Å². The van der Waals surface area contributed by atoms with Gasteiger partial charge in [-0.15, -0.1) is 0 Å². The lowest BCUT2D eigenvalue weighted by atomic mass is 10.1. The third-order valence-corrected chi connectivity index (χ3v) is 2.07. The molecule has 0 rings (SSSR count). The van der Waals surface area contributed by atoms with E-state index in [1.807, 2.05) is 0 Å². The smallest absolute Gasteiger partial charge is 0.0547 e. The SMILES string of the molecule is CCCCCC[C@H](C)OCCC. The van der Waals surface area contributed by atoms with E-state index in [0.717, 1.165) is 13.0 Å². The second kappa shape index (κ2) is 9.05. The second-order valence-corrected chi connectivity index (χ2v) is 3.53. The first kappa shape index (κ1) is 12.0. The zero-order valence-corrected chi connectivity index (χ0v) is 8.94. The Morgan fingerprint density at radius 3 is 2.33 bits per heavy atom. The minimum Gasteiger partial charge on any atom is -0.379 e. The molecule has 0 saturated heterocycles. The first-order valence-electron chi connectivity index (χ1n) is 5.42. The Bertz CT molecular complexity index is 81.1. The van der Waals surface area contributed by atoms with Gasteiger partial charge in [0, 0.05) is 6.61 Å². The zero-order chi connectivity index (χ0) is 9.23. The molecule has 0 N–H and O–H groups in total. The third-order valence-electron chi connectivity index (χ3n) is 2.07. The largest absolute Gasteiger partial charge is 0.379 e. The summed E-state index contributed by atoms with van der Waals surface area (Å²) in [6, 6.07) is 0. The lowest BCUT2D eigenvalue weighted by Crippen LogP contribution is -2.08. The molecule has 0 aliphatic rings. The molecule has 0 aromatic carbocycles. The number of hydrogen-bond acceptors (Lipinski definition) is 1. The molecule has 0 radical (unpaired) electrons. The van der Waals surface area contributed by atoms with Crippen molar-refractivity contribution in [1.82, 2.24) is 0 Å². The van der Waals surface area contributed by atoms with Gasteiger partial charge in [0.15, 0.2) is 0 Å². The molecule has 0 aromatic heterocycles. The van der Waals surface area contributed by atoms with E-state index >= 15 is 0 Å². The molecule has 0 amide bonds. The highest BCUT2D eigenvalue weighted by molar-refractivity contribution is 4.51. The fourth-order valence-corrected chi connectivity index (χ4v) is 1.26. The molecular formula is C11H24O. The van der Waals surface area contributed by atoms with Crippen molar-refractivity contribution < 1.29 is 4.74 Å². The van der Waals surface area contributed by atoms with Gasteiger partial charge in [-0.05, 0) is 19.8 Å². The third kappa shape index (κ3) is 8.06. The van der Waals surface area contributed by atoms with Crippen molar-refractivity contribution in [2.75, 3.05) is 6.61 Å². The van der Waals surface area contributed by atoms with Gasteiger partial charge in [-0.25, -0.2) is 0 Å². The molecule has 0 heterocycles. The summed E-state index contributed by atoms with van der Waals surface area (Å²) in [5, 5.41) is 0. The van der Waals surface area contributed by atoms with Crippen molar-refractivity contribution in [3.05, 3.63) is 0 Å². The van der Waals surface area contributed by atoms with Crippen molar-refractivity contribution in [1.29, 1.82) is 0 Å². The first-order chi connectivity index (χ1) is 5.81. The molecule has 74 valence electrons. The van der Waals surface area contributed by atoms with Crippen LogP contribution in [0.1, 0.15) is 59.3 Å². The minimum atomic E-state index is 0.474. The lowest BCUT2D eigenvalue weighted by molar-refractivity contribution is 0.0590. The molecule has 1 nitrogen and oxygen atoms in total. The molecule has 0 aliphatic carbocycles. The van der Waals surface area contributed by atoms with Crippen LogP contribution < -0.4 is 0 Å². The summed E-state index contributed by atoms with van der Waals surface area (Å²) in [7, 11) is 0. The number of ether oxygens (including phenoxy) is 1. The predicted octanol–water partition coefficient (Wildman–Crippen LogP) is 3.77. The Labute approximate surface area is 77.5 Å². The van der Waals surface area contributed by atoms with E-state index in [0.29, 0.717) is 6.10 Å². The van der Waals surface area contributed by atoms with Gasteiger partial charge in [-0.3, -0.25) is 0 Å². The van der Waals surface area contributed by atoms with E-state index in [2.05, 4.69) is 20.8 Å². The topological polar surface area (TPSA) is 9.23 Å². The van der Waals surface area contributed by atoms with Gasteiger partial charge in [-0.1, -0.05) is 39.5 Å². The monoisotopic (exact) mass is 172 g/mol. The van der Waals surface area contributed by atoms with Gasteiger partial charge in [0.25, 0.3) is 0 Å². The van der Waals surface area contributed by atoms with Crippen LogP contribution in [0, 0.1) is 0 Å². The zero-order valence-electron chi connectivity index (χ0n) is 8.94. The molecule has 1 atom stereocenters. The molecule has 1 heteroatoms. The van der Waals surface area contributed by atoms with Crippen molar-refractivity contribution >= 4 is 0 Å². The summed E-state index contributed by atoms with van der Waals surface area (Å²) >= 11 is 0. The molecule has 12 heavy (non-hydrogen) atoms. The summed E-state index contributed by atoms with van der Waals surface area (Å²) in [5.41, 5.74) is 0. The van der Waals surface area contributed by atoms with E-state index in [4.69, 9.17) is 4.74 Å². The summed E-state index contributed by atoms with van der Waals surface area (Å²) in [5.74, 6) is 0. The van der Waals surface area contributed by atoms with Crippen LogP contribution in [0.25, 0.3) is 0 Å². The van der Waals surface area contributed by atoms with E-state index < -0.39 is 0 Å². The Hall–Kier alpha value is -0.0400. The molecule has 0 fully saturated rings. The van der Waals surface area contributed by atoms with Crippen LogP contribution in [0.3, 0.4) is 0 Å². The average molecular weight is 172 g/mol. The molecule has 0 unspecified atom stereocenters. The highest BCUT2D eigenvalue weighted by atomic mass is 16.5. The molecule has 0 spiro atoms. The van der Waals surface area contributed by atoms with Crippen LogP contribution in [0.5, 0.6) is 0 Å². The Morgan fingerprint density at radius 2 is 1.75 bits per heavy atom. The van der Waals surface area contributed by atoms with Crippen LogP contribution in [-0.2, 0) is 4.74 Å². The molecule has 0 saturated carbocycles. The van der Waals surface area contributed by atoms with Gasteiger partial charge in [0.1, 0.15) is 0 Å². The second-order valence-electron chi connectivity index (χ2n) is 3.53. The fraction of sp³-hybridized carbons (Fsp3) is 1.00. The predicted molar refractivity (Wildman–Crippen MR) is 54.5 cm³/mol. The molecule has 0 bridgehead atoms. The molecule has 0 aromatic rings. The quantitative estimate of drug-likeness (QED) is 0.506. The minimum absolute atomic E-state index is 0.474. The number of unbranched alkanes of at least 4 members (excludes halogenated alkanes) is 3. The molecule has 0 aliphatic heterocycles. The van der Waals surface area contributed by atoms with Crippen LogP contribution >= 0.6 is 0 Å². The van der Waals surface area contributed by atoms with Crippen molar-refractivity contribution in [3.63, 3.8) is 0 Å². The lowest BCUT2D eigenvalue weighted by Gasteiger charge is -2.11. The van der Waals surface area contributed by atoms with Crippen LogP contribution in [0.4, 0.5) is 0 Å². The number of rotatable bonds is 8. The maximum Gasteiger partial charge on any atom is 0.0547 e. The fourth-order valence-electron chi connectivity index (χ4n) is 1.26. The van der Waals surface area contributed by atoms with Crippen molar-refractivity contribution in [2.24, 2.45) is 0 Å². The Balaban J connectivity index is 3.02. The Morgan fingerprint density at radius 1 is 1.00 bits per heavy atom. The summed E-state index contributed by atoms with van der Waals surface area (Å²) in [4.78, 5) is 0. The summed E-state index contributed by atoms with van der Waals surface area (Å²) < 4.78 is 5.57. The average Bonchev–Trinajstić information content (AvgIpc) is 2.09. The van der Waals surface area contributed by atoms with Crippen molar-refractivity contribution in [2.45, 2.75) is 65.4 Å². The van der Waals surface area contributed by atoms with E-state index in [1.54, 1.807) is 0 Å². The number of hydrogen-bond donors (Lipinski definition) is 0. The van der Waals surface area contributed by atoms with Gasteiger partial charge >= 0.3 is 0 Å². The summed E-state index contributed by atoms with van der Waals surface area (Å²) in [6.45, 7) is 7.51. The standard InChI is InChI=1S/C11H24O/c1-4-6-7-8-9-11(3)12-10-5-2/h11H,4-10H2,1-3H3/t11-/m0/s1. The first-order valence-corrected chi connectivity index (χ1v) is 5.42. The van der Waals surface area contributed by atoms with Crippen LogP contribution in [0.15, 0.2) is 0 Å². The maximum atomic E-state index is 5.57. The van der Waals surface area contributed by atoms with E-state index in [-0.39, 0.29) is 0 Å². The van der Waals surface area contributed by atoms with E-state index in [9.17, 15) is 0 Å². The highest BCUT2D eigenvalue weighted by Gasteiger charge is 1.99. The normalized spacial score (nSPS) is 13.2. The van der Waals surface area contributed by atoms with Crippen LogP contribution in [-0.4, -0.2) is 12.7 Å². The van der Waals surface area contributed by atoms with Gasteiger partial charge < -0.3 is 4.74 Å². The van der Waals surface area contributed by atoms with E-state index in [1.165, 1.54) is 32.1 Å². The van der Waals surface area contributed by atoms with Crippen molar-refractivity contribution in [3.8, 4) is 0 Å². The maximum absolute atomic E-state index is 5.57. The van der Waals surface area contributed by atoms with Gasteiger partial charge in [0.2, 0.25) is 0 Å².